The van der Waals surface area contributed by atoms with Gasteiger partial charge in [0.15, 0.2) is 5.16 Å². The highest BCUT2D eigenvalue weighted by atomic mass is 32.2. The molecule has 2 aromatic carbocycles. The highest BCUT2D eigenvalue weighted by Gasteiger charge is 2.12. The molecule has 0 aliphatic carbocycles. The highest BCUT2D eigenvalue weighted by molar-refractivity contribution is 7.99. The van der Waals surface area contributed by atoms with Crippen molar-refractivity contribution in [3.05, 3.63) is 71.3 Å². The molecule has 0 aliphatic heterocycles. The van der Waals surface area contributed by atoms with Gasteiger partial charge in [-0.15, -0.1) is 22.0 Å². The minimum Gasteiger partial charge on any atom is -0.325 e. The Kier molecular flexibility index (Phi) is 7.71. The second-order valence-electron chi connectivity index (χ2n) is 6.42. The van der Waals surface area contributed by atoms with Crippen molar-refractivity contribution in [1.82, 2.24) is 14.8 Å². The lowest BCUT2D eigenvalue weighted by atomic mass is 10.1. The van der Waals surface area contributed by atoms with Crippen LogP contribution in [0.15, 0.2) is 53.7 Å². The van der Waals surface area contributed by atoms with Gasteiger partial charge in [0.1, 0.15) is 11.6 Å². The minimum absolute atomic E-state index is 0.0638. The third-order valence-corrected chi connectivity index (χ3v) is 6.36. The Morgan fingerprint density at radius 1 is 1.10 bits per heavy atom. The van der Waals surface area contributed by atoms with Crippen LogP contribution in [0.5, 0.6) is 0 Å². The van der Waals surface area contributed by atoms with E-state index in [-0.39, 0.29) is 17.5 Å². The summed E-state index contributed by atoms with van der Waals surface area (Å²) in [7, 11) is 1.90. The van der Waals surface area contributed by atoms with Crippen molar-refractivity contribution < 1.29 is 9.18 Å². The standard InChI is InChI=1S/C21H23FN4OS2/c1-3-16-6-4-5-7-18(16)23-20(27)14-29-21-25-24-19(26(21)2)13-28-12-15-8-10-17(22)11-9-15/h4-11H,3,12-14H2,1-2H3,(H,23,27). The van der Waals surface area contributed by atoms with Crippen molar-refractivity contribution in [2.24, 2.45) is 7.05 Å². The van der Waals surface area contributed by atoms with Gasteiger partial charge in [0, 0.05) is 18.5 Å². The Labute approximate surface area is 178 Å². The molecule has 152 valence electrons. The third kappa shape index (κ3) is 6.08. The number of para-hydroxylation sites is 1. The van der Waals surface area contributed by atoms with Gasteiger partial charge >= 0.3 is 0 Å². The molecular formula is C21H23FN4OS2. The molecule has 0 saturated heterocycles. The molecule has 0 fully saturated rings. The van der Waals surface area contributed by atoms with E-state index in [4.69, 9.17) is 0 Å². The summed E-state index contributed by atoms with van der Waals surface area (Å²) in [6, 6.07) is 14.3. The molecule has 1 aromatic heterocycles. The van der Waals surface area contributed by atoms with Gasteiger partial charge in [0.05, 0.1) is 11.5 Å². The molecule has 0 unspecified atom stereocenters. The number of nitrogens with one attached hydrogen (secondary N) is 1. The molecule has 1 N–H and O–H groups in total. The molecule has 1 heterocycles. The van der Waals surface area contributed by atoms with Crippen LogP contribution in [0.3, 0.4) is 0 Å². The van der Waals surface area contributed by atoms with Crippen LogP contribution in [-0.4, -0.2) is 26.4 Å². The lowest BCUT2D eigenvalue weighted by molar-refractivity contribution is -0.113. The van der Waals surface area contributed by atoms with Gasteiger partial charge in [-0.3, -0.25) is 4.79 Å². The summed E-state index contributed by atoms with van der Waals surface area (Å²) in [5.74, 6) is 2.29. The zero-order valence-electron chi connectivity index (χ0n) is 16.4. The monoisotopic (exact) mass is 430 g/mol. The first-order chi connectivity index (χ1) is 14.1. The maximum atomic E-state index is 13.0. The Morgan fingerprint density at radius 3 is 2.62 bits per heavy atom. The summed E-state index contributed by atoms with van der Waals surface area (Å²) in [5, 5.41) is 12.1. The fraction of sp³-hybridized carbons (Fsp3) is 0.286. The quantitative estimate of drug-likeness (QED) is 0.500. The molecule has 0 saturated carbocycles. The summed E-state index contributed by atoms with van der Waals surface area (Å²) < 4.78 is 14.9. The first-order valence-electron chi connectivity index (χ1n) is 9.27. The van der Waals surface area contributed by atoms with Gasteiger partial charge < -0.3 is 9.88 Å². The maximum Gasteiger partial charge on any atom is 0.234 e. The van der Waals surface area contributed by atoms with E-state index in [0.717, 1.165) is 34.8 Å². The normalized spacial score (nSPS) is 10.9. The number of carbonyl (C=O) groups excluding carboxylic acids is 1. The van der Waals surface area contributed by atoms with Gasteiger partial charge in [-0.2, -0.15) is 0 Å². The number of aromatic nitrogens is 3. The van der Waals surface area contributed by atoms with Crippen LogP contribution >= 0.6 is 23.5 Å². The second-order valence-corrected chi connectivity index (χ2v) is 8.35. The van der Waals surface area contributed by atoms with E-state index < -0.39 is 0 Å². The molecule has 0 atom stereocenters. The molecule has 0 spiro atoms. The van der Waals surface area contributed by atoms with E-state index in [1.807, 2.05) is 35.9 Å². The van der Waals surface area contributed by atoms with E-state index in [1.54, 1.807) is 23.9 Å². The molecule has 3 aromatic rings. The molecule has 3 rings (SSSR count). The molecule has 0 radical (unpaired) electrons. The maximum absolute atomic E-state index is 13.0. The van der Waals surface area contributed by atoms with E-state index in [0.29, 0.717) is 10.9 Å². The number of hydrogen-bond donors (Lipinski definition) is 1. The average Bonchev–Trinajstić information content (AvgIpc) is 3.08. The van der Waals surface area contributed by atoms with Crippen LogP contribution in [0, 0.1) is 5.82 Å². The van der Waals surface area contributed by atoms with E-state index in [2.05, 4.69) is 22.4 Å². The van der Waals surface area contributed by atoms with Gasteiger partial charge in [0.25, 0.3) is 0 Å². The number of hydrogen-bond acceptors (Lipinski definition) is 5. The van der Waals surface area contributed by atoms with Crippen LogP contribution < -0.4 is 5.32 Å². The number of anilines is 1. The molecule has 0 bridgehead atoms. The Hall–Kier alpha value is -2.32. The number of benzene rings is 2. The summed E-state index contributed by atoms with van der Waals surface area (Å²) in [4.78, 5) is 12.3. The minimum atomic E-state index is -0.226. The van der Waals surface area contributed by atoms with Crippen molar-refractivity contribution in [1.29, 1.82) is 0 Å². The fourth-order valence-corrected chi connectivity index (χ4v) is 4.40. The van der Waals surface area contributed by atoms with Crippen molar-refractivity contribution in [2.75, 3.05) is 11.1 Å². The van der Waals surface area contributed by atoms with Crippen molar-refractivity contribution >= 4 is 35.1 Å². The molecule has 5 nitrogen and oxygen atoms in total. The Bertz CT molecular complexity index is 960. The zero-order chi connectivity index (χ0) is 20.6. The van der Waals surface area contributed by atoms with Crippen LogP contribution in [0.4, 0.5) is 10.1 Å². The number of nitrogens with zero attached hydrogens (tertiary/aromatic N) is 3. The Morgan fingerprint density at radius 2 is 1.86 bits per heavy atom. The van der Waals surface area contributed by atoms with Crippen molar-refractivity contribution in [2.45, 2.75) is 30.0 Å². The predicted molar refractivity (Wildman–Crippen MR) is 118 cm³/mol. The zero-order valence-corrected chi connectivity index (χ0v) is 18.0. The summed E-state index contributed by atoms with van der Waals surface area (Å²) >= 11 is 3.06. The number of thioether (sulfide) groups is 2. The Balaban J connectivity index is 1.48. The lowest BCUT2D eigenvalue weighted by Gasteiger charge is -2.09. The lowest BCUT2D eigenvalue weighted by Crippen LogP contribution is -2.15. The smallest absolute Gasteiger partial charge is 0.234 e. The molecular weight excluding hydrogens is 407 g/mol. The largest absolute Gasteiger partial charge is 0.325 e. The van der Waals surface area contributed by atoms with Crippen LogP contribution in [0.2, 0.25) is 0 Å². The number of amides is 1. The summed E-state index contributed by atoms with van der Waals surface area (Å²) in [5.41, 5.74) is 3.04. The van der Waals surface area contributed by atoms with Gasteiger partial charge in [-0.25, -0.2) is 4.39 Å². The van der Waals surface area contributed by atoms with Gasteiger partial charge in [0.2, 0.25) is 5.91 Å². The second kappa shape index (κ2) is 10.5. The van der Waals surface area contributed by atoms with E-state index in [9.17, 15) is 9.18 Å². The number of aryl methyl sites for hydroxylation is 1. The van der Waals surface area contributed by atoms with Crippen LogP contribution in [0.1, 0.15) is 23.9 Å². The third-order valence-electron chi connectivity index (χ3n) is 4.34. The molecule has 8 heteroatoms. The number of rotatable bonds is 9. The fourth-order valence-electron chi connectivity index (χ4n) is 2.70. The highest BCUT2D eigenvalue weighted by Crippen LogP contribution is 2.22. The van der Waals surface area contributed by atoms with Crippen LogP contribution in [-0.2, 0) is 29.8 Å². The van der Waals surface area contributed by atoms with Crippen molar-refractivity contribution in [3.8, 4) is 0 Å². The van der Waals surface area contributed by atoms with Crippen LogP contribution in [0.25, 0.3) is 0 Å². The topological polar surface area (TPSA) is 59.8 Å². The van der Waals surface area contributed by atoms with Gasteiger partial charge in [-0.05, 0) is 35.7 Å². The summed E-state index contributed by atoms with van der Waals surface area (Å²) in [6.45, 7) is 2.06. The predicted octanol–water partition coefficient (Wildman–Crippen LogP) is 4.68. The first kappa shape index (κ1) is 21.4. The molecule has 0 aliphatic rings. The first-order valence-corrected chi connectivity index (χ1v) is 11.4. The van der Waals surface area contributed by atoms with E-state index in [1.165, 1.54) is 23.9 Å². The molecule has 29 heavy (non-hydrogen) atoms. The van der Waals surface area contributed by atoms with E-state index >= 15 is 0 Å². The number of carbonyl (C=O) groups is 1. The molecule has 1 amide bonds. The number of halogens is 1. The van der Waals surface area contributed by atoms with Gasteiger partial charge in [-0.1, -0.05) is 49.0 Å². The average molecular weight is 431 g/mol. The van der Waals surface area contributed by atoms with Crippen molar-refractivity contribution in [3.63, 3.8) is 0 Å². The SMILES string of the molecule is CCc1ccccc1NC(=O)CSc1nnc(CSCc2ccc(F)cc2)n1C. The summed E-state index contributed by atoms with van der Waals surface area (Å²) in [6.07, 6.45) is 0.867.